The first-order valence-electron chi connectivity index (χ1n) is 12.3. The fraction of sp³-hybridized carbons (Fsp3) is 0.310. The van der Waals surface area contributed by atoms with Crippen molar-refractivity contribution in [3.8, 4) is 0 Å². The number of carbonyl (C=O) groups is 2. The number of benzene rings is 2. The molecule has 2 aromatic rings. The SMILES string of the molecule is C=C/C=C\C1=C(C)C(C(=O)NOCc2ccccc2)C(c2ccc(Cl)cc2Cl)N(C2CN(C)CC2O)C1=O. The molecule has 2 aliphatic heterocycles. The van der Waals surface area contributed by atoms with Crippen LogP contribution in [-0.4, -0.2) is 59.0 Å². The molecule has 2 aliphatic rings. The van der Waals surface area contributed by atoms with Crippen LogP contribution in [0.5, 0.6) is 0 Å². The average Bonchev–Trinajstić information content (AvgIpc) is 3.21. The molecule has 2 amide bonds. The van der Waals surface area contributed by atoms with Crippen molar-refractivity contribution < 1.29 is 19.5 Å². The molecule has 0 aliphatic carbocycles. The summed E-state index contributed by atoms with van der Waals surface area (Å²) in [5.41, 5.74) is 4.95. The summed E-state index contributed by atoms with van der Waals surface area (Å²) < 4.78 is 0. The molecule has 4 atom stereocenters. The number of likely N-dealkylation sites (N-methyl/N-ethyl adjacent to an activating group) is 1. The van der Waals surface area contributed by atoms with Crippen molar-refractivity contribution in [2.45, 2.75) is 31.7 Å². The van der Waals surface area contributed by atoms with E-state index in [1.54, 1.807) is 48.3 Å². The maximum atomic E-state index is 14.0. The summed E-state index contributed by atoms with van der Waals surface area (Å²) in [6, 6.07) is 13.1. The molecular formula is C29H31Cl2N3O4. The van der Waals surface area contributed by atoms with Crippen LogP contribution >= 0.6 is 23.2 Å². The molecule has 2 heterocycles. The van der Waals surface area contributed by atoms with Crippen molar-refractivity contribution in [3.05, 3.63) is 106 Å². The third-order valence-electron chi connectivity index (χ3n) is 6.99. The second-order valence-electron chi connectivity index (χ2n) is 9.59. The molecule has 200 valence electrons. The van der Waals surface area contributed by atoms with Crippen molar-refractivity contribution in [3.63, 3.8) is 0 Å². The maximum Gasteiger partial charge on any atom is 0.254 e. The molecule has 9 heteroatoms. The molecule has 2 aromatic carbocycles. The van der Waals surface area contributed by atoms with Gasteiger partial charge < -0.3 is 14.9 Å². The van der Waals surface area contributed by atoms with Gasteiger partial charge in [-0.2, -0.15) is 0 Å². The minimum Gasteiger partial charge on any atom is -0.390 e. The monoisotopic (exact) mass is 555 g/mol. The molecule has 0 saturated carbocycles. The fourth-order valence-electron chi connectivity index (χ4n) is 5.19. The van der Waals surface area contributed by atoms with E-state index in [0.717, 1.165) is 5.56 Å². The van der Waals surface area contributed by atoms with E-state index in [-0.39, 0.29) is 12.5 Å². The highest BCUT2D eigenvalue weighted by Gasteiger charge is 2.50. The van der Waals surface area contributed by atoms with Crippen molar-refractivity contribution >= 4 is 35.0 Å². The predicted octanol–water partition coefficient (Wildman–Crippen LogP) is 4.47. The topological polar surface area (TPSA) is 82.1 Å². The van der Waals surface area contributed by atoms with Crippen LogP contribution in [0.25, 0.3) is 0 Å². The van der Waals surface area contributed by atoms with Crippen LogP contribution in [0.15, 0.2) is 84.5 Å². The Labute approximate surface area is 232 Å². The molecule has 1 saturated heterocycles. The molecule has 0 aromatic heterocycles. The molecule has 2 N–H and O–H groups in total. The van der Waals surface area contributed by atoms with Gasteiger partial charge >= 0.3 is 0 Å². The summed E-state index contributed by atoms with van der Waals surface area (Å²) in [7, 11) is 1.88. The van der Waals surface area contributed by atoms with Gasteiger partial charge in [-0.1, -0.05) is 78.3 Å². The molecule has 1 fully saturated rings. The van der Waals surface area contributed by atoms with Gasteiger partial charge in [0, 0.05) is 28.7 Å². The van der Waals surface area contributed by atoms with Gasteiger partial charge in [-0.3, -0.25) is 14.4 Å². The number of hydrogen-bond acceptors (Lipinski definition) is 5. The Hall–Kier alpha value is -2.94. The van der Waals surface area contributed by atoms with Gasteiger partial charge in [-0.15, -0.1) is 0 Å². The van der Waals surface area contributed by atoms with Gasteiger partial charge in [0.15, 0.2) is 0 Å². The number of carbonyl (C=O) groups excluding carboxylic acids is 2. The van der Waals surface area contributed by atoms with Crippen molar-refractivity contribution in [2.75, 3.05) is 20.1 Å². The van der Waals surface area contributed by atoms with E-state index in [4.69, 9.17) is 28.0 Å². The lowest BCUT2D eigenvalue weighted by Gasteiger charge is -2.45. The molecule has 0 bridgehead atoms. The van der Waals surface area contributed by atoms with Gasteiger partial charge in [0.25, 0.3) is 11.8 Å². The number of allylic oxidation sites excluding steroid dienone is 2. The van der Waals surface area contributed by atoms with Crippen LogP contribution in [0.4, 0.5) is 0 Å². The highest BCUT2D eigenvalue weighted by Crippen LogP contribution is 2.45. The van der Waals surface area contributed by atoms with Crippen LogP contribution in [0.1, 0.15) is 24.1 Å². The molecule has 0 radical (unpaired) electrons. The number of aliphatic hydroxyl groups is 1. The van der Waals surface area contributed by atoms with Crippen LogP contribution in [0.3, 0.4) is 0 Å². The van der Waals surface area contributed by atoms with E-state index in [2.05, 4.69) is 12.1 Å². The zero-order valence-corrected chi connectivity index (χ0v) is 22.8. The first-order valence-corrected chi connectivity index (χ1v) is 13.1. The van der Waals surface area contributed by atoms with Crippen molar-refractivity contribution in [1.82, 2.24) is 15.3 Å². The van der Waals surface area contributed by atoms with Gasteiger partial charge in [0.1, 0.15) is 0 Å². The normalized spacial score (nSPS) is 24.3. The Morgan fingerprint density at radius 2 is 1.95 bits per heavy atom. The summed E-state index contributed by atoms with van der Waals surface area (Å²) in [6.45, 7) is 6.47. The number of likely N-dealkylation sites (tertiary alicyclic amines) is 1. The van der Waals surface area contributed by atoms with Gasteiger partial charge in [-0.05, 0) is 48.9 Å². The molecule has 4 rings (SSSR count). The van der Waals surface area contributed by atoms with Gasteiger partial charge in [-0.25, -0.2) is 5.48 Å². The van der Waals surface area contributed by atoms with Gasteiger partial charge in [0.05, 0.1) is 30.7 Å². The largest absolute Gasteiger partial charge is 0.390 e. The standard InChI is InChI=1S/C29H31Cl2N3O4/c1-4-5-11-21-18(2)26(28(36)32-38-17-19-9-7-6-8-10-19)27(22-13-12-20(30)14-23(22)31)34(29(21)37)24-15-33(3)16-25(24)35/h4-14,24-27,35H,1,15-17H2,2-3H3,(H,32,36)/b11-5-. The number of hydroxylamine groups is 1. The summed E-state index contributed by atoms with van der Waals surface area (Å²) in [6.07, 6.45) is 4.06. The van der Waals surface area contributed by atoms with E-state index in [9.17, 15) is 14.7 Å². The van der Waals surface area contributed by atoms with Crippen LogP contribution in [-0.2, 0) is 21.0 Å². The number of amides is 2. The molecule has 0 spiro atoms. The van der Waals surface area contributed by atoms with E-state index in [1.165, 1.54) is 0 Å². The fourth-order valence-corrected chi connectivity index (χ4v) is 5.71. The first kappa shape index (κ1) is 28.1. The summed E-state index contributed by atoms with van der Waals surface area (Å²) >= 11 is 12.9. The number of nitrogens with one attached hydrogen (secondary N) is 1. The quantitative estimate of drug-likeness (QED) is 0.371. The highest BCUT2D eigenvalue weighted by atomic mass is 35.5. The van der Waals surface area contributed by atoms with Crippen LogP contribution in [0.2, 0.25) is 10.0 Å². The van der Waals surface area contributed by atoms with Crippen molar-refractivity contribution in [1.29, 1.82) is 0 Å². The van der Waals surface area contributed by atoms with Crippen LogP contribution in [0, 0.1) is 5.92 Å². The molecular weight excluding hydrogens is 525 g/mol. The zero-order valence-electron chi connectivity index (χ0n) is 21.3. The van der Waals surface area contributed by atoms with Crippen LogP contribution < -0.4 is 5.48 Å². The maximum absolute atomic E-state index is 14.0. The predicted molar refractivity (Wildman–Crippen MR) is 148 cm³/mol. The number of nitrogens with zero attached hydrogens (tertiary/aromatic N) is 2. The van der Waals surface area contributed by atoms with E-state index < -0.39 is 30.0 Å². The first-order chi connectivity index (χ1) is 18.2. The highest BCUT2D eigenvalue weighted by molar-refractivity contribution is 6.35. The Kier molecular flexibility index (Phi) is 9.07. The third-order valence-corrected chi connectivity index (χ3v) is 7.55. The lowest BCUT2D eigenvalue weighted by Crippen LogP contribution is -2.55. The Bertz CT molecular complexity index is 1260. The summed E-state index contributed by atoms with van der Waals surface area (Å²) in [4.78, 5) is 37.0. The zero-order chi connectivity index (χ0) is 27.4. The molecule has 4 unspecified atom stereocenters. The Morgan fingerprint density at radius 3 is 2.58 bits per heavy atom. The lowest BCUT2D eigenvalue weighted by molar-refractivity contribution is -0.146. The Balaban J connectivity index is 1.80. The average molecular weight is 556 g/mol. The van der Waals surface area contributed by atoms with E-state index in [0.29, 0.717) is 39.8 Å². The molecule has 7 nitrogen and oxygen atoms in total. The lowest BCUT2D eigenvalue weighted by atomic mass is 9.78. The van der Waals surface area contributed by atoms with Crippen molar-refractivity contribution in [2.24, 2.45) is 5.92 Å². The van der Waals surface area contributed by atoms with Gasteiger partial charge in [0.2, 0.25) is 0 Å². The summed E-state index contributed by atoms with van der Waals surface area (Å²) in [5, 5.41) is 11.7. The third kappa shape index (κ3) is 5.87. The minimum absolute atomic E-state index is 0.173. The van der Waals surface area contributed by atoms with E-state index >= 15 is 0 Å². The molecule has 38 heavy (non-hydrogen) atoms. The number of aliphatic hydroxyl groups excluding tert-OH is 1. The minimum atomic E-state index is -0.857. The number of hydrogen-bond donors (Lipinski definition) is 2. The summed E-state index contributed by atoms with van der Waals surface area (Å²) in [5.74, 6) is -1.59. The number of rotatable bonds is 8. The second kappa shape index (κ2) is 12.3. The second-order valence-corrected chi connectivity index (χ2v) is 10.4. The Morgan fingerprint density at radius 1 is 1.21 bits per heavy atom. The smallest absolute Gasteiger partial charge is 0.254 e. The number of β-amino-alcohol motifs (C(OH)–C–C–N with tert-alkyl or cyclic N) is 1. The van der Waals surface area contributed by atoms with E-state index in [1.807, 2.05) is 42.3 Å². The number of halogens is 2.